The van der Waals surface area contributed by atoms with Crippen molar-refractivity contribution < 1.29 is 9.59 Å². The summed E-state index contributed by atoms with van der Waals surface area (Å²) in [5, 5.41) is 4.04. The SMILES string of the molecule is NC(=O)c1c(NC(=O)Cc2ccc(Cl)cc2)sc2c1CCC2. The van der Waals surface area contributed by atoms with Gasteiger partial charge in [-0.15, -0.1) is 11.3 Å². The molecule has 0 aliphatic heterocycles. The van der Waals surface area contributed by atoms with E-state index in [2.05, 4.69) is 5.32 Å². The third kappa shape index (κ3) is 3.00. The number of thiophene rings is 1. The lowest BCUT2D eigenvalue weighted by Crippen LogP contribution is -2.18. The van der Waals surface area contributed by atoms with Crippen LogP contribution in [0.5, 0.6) is 0 Å². The minimum Gasteiger partial charge on any atom is -0.365 e. The number of hydrogen-bond donors (Lipinski definition) is 2. The zero-order valence-corrected chi connectivity index (χ0v) is 13.4. The van der Waals surface area contributed by atoms with E-state index < -0.39 is 5.91 Å². The summed E-state index contributed by atoms with van der Waals surface area (Å²) in [5.74, 6) is -0.633. The van der Waals surface area contributed by atoms with Gasteiger partial charge in [-0.3, -0.25) is 9.59 Å². The molecule has 1 heterocycles. The Morgan fingerprint density at radius 1 is 1.23 bits per heavy atom. The molecule has 0 spiro atoms. The van der Waals surface area contributed by atoms with Crippen LogP contribution in [0, 0.1) is 0 Å². The van der Waals surface area contributed by atoms with Gasteiger partial charge in [-0.05, 0) is 42.5 Å². The van der Waals surface area contributed by atoms with Gasteiger partial charge in [0.1, 0.15) is 5.00 Å². The molecule has 114 valence electrons. The molecule has 0 unspecified atom stereocenters. The molecular weight excluding hydrogens is 320 g/mol. The third-order valence-corrected chi connectivity index (χ3v) is 5.16. The molecule has 1 aliphatic carbocycles. The first-order valence-corrected chi connectivity index (χ1v) is 8.22. The topological polar surface area (TPSA) is 72.2 Å². The molecule has 1 aliphatic rings. The lowest BCUT2D eigenvalue weighted by atomic mass is 10.1. The van der Waals surface area contributed by atoms with Crippen molar-refractivity contribution in [2.45, 2.75) is 25.7 Å². The van der Waals surface area contributed by atoms with Gasteiger partial charge < -0.3 is 11.1 Å². The van der Waals surface area contributed by atoms with E-state index >= 15 is 0 Å². The van der Waals surface area contributed by atoms with Crippen molar-refractivity contribution in [1.82, 2.24) is 0 Å². The summed E-state index contributed by atoms with van der Waals surface area (Å²) >= 11 is 7.29. The largest absolute Gasteiger partial charge is 0.365 e. The van der Waals surface area contributed by atoms with Crippen LogP contribution in [0.4, 0.5) is 5.00 Å². The van der Waals surface area contributed by atoms with Crippen LogP contribution >= 0.6 is 22.9 Å². The van der Waals surface area contributed by atoms with Crippen LogP contribution in [0.3, 0.4) is 0 Å². The number of nitrogens with one attached hydrogen (secondary N) is 1. The highest BCUT2D eigenvalue weighted by molar-refractivity contribution is 7.17. The molecule has 0 saturated heterocycles. The van der Waals surface area contributed by atoms with Gasteiger partial charge in [0.2, 0.25) is 5.91 Å². The fourth-order valence-corrected chi connectivity index (χ4v) is 4.15. The van der Waals surface area contributed by atoms with Crippen LogP contribution in [-0.4, -0.2) is 11.8 Å². The standard InChI is InChI=1S/C16H15ClN2O2S/c17-10-6-4-9(5-7-10)8-13(20)19-16-14(15(18)21)11-2-1-3-12(11)22-16/h4-7H,1-3,8H2,(H2,18,21)(H,19,20). The number of benzene rings is 1. The highest BCUT2D eigenvalue weighted by Crippen LogP contribution is 2.38. The maximum Gasteiger partial charge on any atom is 0.251 e. The van der Waals surface area contributed by atoms with E-state index in [9.17, 15) is 9.59 Å². The highest BCUT2D eigenvalue weighted by atomic mass is 35.5. The smallest absolute Gasteiger partial charge is 0.251 e. The van der Waals surface area contributed by atoms with E-state index in [1.165, 1.54) is 11.3 Å². The number of aryl methyl sites for hydroxylation is 1. The average Bonchev–Trinajstić information content (AvgIpc) is 3.01. The minimum absolute atomic E-state index is 0.162. The maximum atomic E-state index is 12.2. The van der Waals surface area contributed by atoms with Gasteiger partial charge in [-0.1, -0.05) is 23.7 Å². The van der Waals surface area contributed by atoms with Gasteiger partial charge >= 0.3 is 0 Å². The number of primary amides is 1. The number of hydrogen-bond acceptors (Lipinski definition) is 3. The monoisotopic (exact) mass is 334 g/mol. The predicted octanol–water partition coefficient (Wildman–Crippen LogP) is 3.17. The number of nitrogens with two attached hydrogens (primary N) is 1. The van der Waals surface area contributed by atoms with Gasteiger partial charge in [-0.2, -0.15) is 0 Å². The van der Waals surface area contributed by atoms with Crippen LogP contribution in [-0.2, 0) is 24.1 Å². The van der Waals surface area contributed by atoms with Crippen LogP contribution in [0.2, 0.25) is 5.02 Å². The number of halogens is 1. The molecule has 0 atom stereocenters. The van der Waals surface area contributed by atoms with Crippen molar-refractivity contribution in [2.24, 2.45) is 5.73 Å². The Kier molecular flexibility index (Phi) is 4.18. The van der Waals surface area contributed by atoms with Gasteiger partial charge in [0.15, 0.2) is 0 Å². The van der Waals surface area contributed by atoms with Crippen molar-refractivity contribution in [2.75, 3.05) is 5.32 Å². The fraction of sp³-hybridized carbons (Fsp3) is 0.250. The van der Waals surface area contributed by atoms with Crippen LogP contribution in [0.25, 0.3) is 0 Å². The minimum atomic E-state index is -0.471. The van der Waals surface area contributed by atoms with Crippen molar-refractivity contribution in [3.05, 3.63) is 50.9 Å². The normalized spacial score (nSPS) is 13.0. The molecule has 3 N–H and O–H groups in total. The van der Waals surface area contributed by atoms with Crippen molar-refractivity contribution in [3.8, 4) is 0 Å². The first-order chi connectivity index (χ1) is 10.5. The zero-order chi connectivity index (χ0) is 15.7. The van der Waals surface area contributed by atoms with E-state index in [0.717, 1.165) is 35.3 Å². The molecule has 3 rings (SSSR count). The molecule has 0 saturated carbocycles. The molecule has 22 heavy (non-hydrogen) atoms. The number of carbonyl (C=O) groups excluding carboxylic acids is 2. The Labute approximate surface area is 137 Å². The summed E-state index contributed by atoms with van der Waals surface area (Å²) < 4.78 is 0. The summed E-state index contributed by atoms with van der Waals surface area (Å²) in [5.41, 5.74) is 7.85. The van der Waals surface area contributed by atoms with Gasteiger partial charge in [0.05, 0.1) is 12.0 Å². The number of rotatable bonds is 4. The van der Waals surface area contributed by atoms with Gasteiger partial charge in [0, 0.05) is 9.90 Å². The molecule has 1 aromatic heterocycles. The van der Waals surface area contributed by atoms with E-state index in [-0.39, 0.29) is 12.3 Å². The quantitative estimate of drug-likeness (QED) is 0.901. The summed E-state index contributed by atoms with van der Waals surface area (Å²) in [4.78, 5) is 25.0. The predicted molar refractivity (Wildman–Crippen MR) is 88.6 cm³/mol. The second-order valence-corrected chi connectivity index (χ2v) is 6.82. The van der Waals surface area contributed by atoms with E-state index in [1.54, 1.807) is 12.1 Å². The lowest BCUT2D eigenvalue weighted by molar-refractivity contribution is -0.115. The molecule has 0 bridgehead atoms. The van der Waals surface area contributed by atoms with Crippen LogP contribution < -0.4 is 11.1 Å². The summed E-state index contributed by atoms with van der Waals surface area (Å²) in [6.07, 6.45) is 3.09. The van der Waals surface area contributed by atoms with Crippen molar-refractivity contribution in [3.63, 3.8) is 0 Å². The lowest BCUT2D eigenvalue weighted by Gasteiger charge is -2.06. The molecule has 1 aromatic carbocycles. The van der Waals surface area contributed by atoms with E-state index in [1.807, 2.05) is 12.1 Å². The first-order valence-electron chi connectivity index (χ1n) is 7.03. The van der Waals surface area contributed by atoms with Crippen molar-refractivity contribution in [1.29, 1.82) is 0 Å². The van der Waals surface area contributed by atoms with Gasteiger partial charge in [-0.25, -0.2) is 0 Å². The molecule has 0 fully saturated rings. The summed E-state index contributed by atoms with van der Waals surface area (Å²) in [7, 11) is 0. The number of fused-ring (bicyclic) bond motifs is 1. The molecule has 4 nitrogen and oxygen atoms in total. The third-order valence-electron chi connectivity index (χ3n) is 3.70. The van der Waals surface area contributed by atoms with E-state index in [4.69, 9.17) is 17.3 Å². The summed E-state index contributed by atoms with van der Waals surface area (Å²) in [6.45, 7) is 0. The second-order valence-electron chi connectivity index (χ2n) is 5.28. The molecule has 2 aromatic rings. The summed E-state index contributed by atoms with van der Waals surface area (Å²) in [6, 6.07) is 7.12. The number of carbonyl (C=O) groups is 2. The Morgan fingerprint density at radius 2 is 1.95 bits per heavy atom. The number of anilines is 1. The Morgan fingerprint density at radius 3 is 2.64 bits per heavy atom. The molecule has 2 amide bonds. The Balaban J connectivity index is 1.77. The van der Waals surface area contributed by atoms with Crippen LogP contribution in [0.1, 0.15) is 32.8 Å². The number of amides is 2. The zero-order valence-electron chi connectivity index (χ0n) is 11.8. The average molecular weight is 335 g/mol. The fourth-order valence-electron chi connectivity index (χ4n) is 2.71. The molecule has 6 heteroatoms. The van der Waals surface area contributed by atoms with Crippen molar-refractivity contribution >= 4 is 39.8 Å². The second kappa shape index (κ2) is 6.10. The molecular formula is C16H15ClN2O2S. The first kappa shape index (κ1) is 15.1. The Hall–Kier alpha value is -1.85. The maximum absolute atomic E-state index is 12.2. The Bertz CT molecular complexity index is 737. The highest BCUT2D eigenvalue weighted by Gasteiger charge is 2.26. The molecule has 0 radical (unpaired) electrons. The van der Waals surface area contributed by atoms with Crippen LogP contribution in [0.15, 0.2) is 24.3 Å². The van der Waals surface area contributed by atoms with E-state index in [0.29, 0.717) is 15.6 Å². The van der Waals surface area contributed by atoms with Gasteiger partial charge in [0.25, 0.3) is 5.91 Å².